The topological polar surface area (TPSA) is 78.6 Å². The van der Waals surface area contributed by atoms with Crippen LogP contribution in [-0.2, 0) is 14.8 Å². The van der Waals surface area contributed by atoms with Crippen LogP contribution < -0.4 is 9.88 Å². The number of primary sulfonamides is 1. The lowest BCUT2D eigenvalue weighted by Gasteiger charge is -2.25. The van der Waals surface area contributed by atoms with Crippen LogP contribution in [0.4, 0.5) is 0 Å². The Kier molecular flexibility index (Phi) is 4.91. The van der Waals surface area contributed by atoms with Crippen molar-refractivity contribution in [2.24, 2.45) is 5.14 Å². The number of benzene rings is 1. The van der Waals surface area contributed by atoms with Gasteiger partial charge in [0, 0.05) is 12.8 Å². The fourth-order valence-electron chi connectivity index (χ4n) is 2.48. The van der Waals surface area contributed by atoms with Gasteiger partial charge in [-0.1, -0.05) is 13.8 Å². The lowest BCUT2D eigenvalue weighted by Crippen LogP contribution is -2.26. The van der Waals surface area contributed by atoms with Gasteiger partial charge >= 0.3 is 0 Å². The first-order valence-corrected chi connectivity index (χ1v) is 8.75. The molecule has 1 fully saturated rings. The van der Waals surface area contributed by atoms with Crippen molar-refractivity contribution in [1.29, 1.82) is 0 Å². The first-order chi connectivity index (χ1) is 9.79. The van der Waals surface area contributed by atoms with Crippen LogP contribution in [0.15, 0.2) is 17.0 Å². The molecule has 0 saturated carbocycles. The molecule has 5 nitrogen and oxygen atoms in total. The third-order valence-electron chi connectivity index (χ3n) is 3.70. The van der Waals surface area contributed by atoms with Crippen LogP contribution >= 0.6 is 0 Å². The Labute approximate surface area is 126 Å². The summed E-state index contributed by atoms with van der Waals surface area (Å²) in [4.78, 5) is 0.189. The average Bonchev–Trinajstić information content (AvgIpc) is 2.40. The molecule has 1 aliphatic heterocycles. The molecule has 0 radical (unpaired) electrons. The molecule has 0 bridgehead atoms. The van der Waals surface area contributed by atoms with Gasteiger partial charge in [0.25, 0.3) is 0 Å². The maximum absolute atomic E-state index is 11.7. The molecule has 1 aromatic carbocycles. The highest BCUT2D eigenvalue weighted by Gasteiger charge is 2.21. The average molecular weight is 313 g/mol. The number of ether oxygens (including phenoxy) is 2. The van der Waals surface area contributed by atoms with Gasteiger partial charge in [-0.3, -0.25) is 0 Å². The van der Waals surface area contributed by atoms with Crippen molar-refractivity contribution in [2.45, 2.75) is 50.5 Å². The summed E-state index contributed by atoms with van der Waals surface area (Å²) in [5.41, 5.74) is 1.49. The molecule has 2 rings (SSSR count). The molecule has 1 heterocycles. The van der Waals surface area contributed by atoms with Gasteiger partial charge in [0.2, 0.25) is 10.0 Å². The number of nitrogens with two attached hydrogens (primary N) is 1. The predicted molar refractivity (Wildman–Crippen MR) is 81.1 cm³/mol. The van der Waals surface area contributed by atoms with Crippen molar-refractivity contribution >= 4 is 10.0 Å². The molecular formula is C15H23NO4S. The summed E-state index contributed by atoms with van der Waals surface area (Å²) < 4.78 is 34.8. The summed E-state index contributed by atoms with van der Waals surface area (Å²) in [5, 5.41) is 5.31. The van der Waals surface area contributed by atoms with E-state index in [0.29, 0.717) is 18.8 Å². The Bertz CT molecular complexity index is 604. The SMILES string of the molecule is Cc1cc(S(N)(=O)=O)c(C(C)C)cc1OC1CCOCC1. The van der Waals surface area contributed by atoms with Crippen LogP contribution in [0.25, 0.3) is 0 Å². The Morgan fingerprint density at radius 3 is 2.43 bits per heavy atom. The van der Waals surface area contributed by atoms with E-state index >= 15 is 0 Å². The monoisotopic (exact) mass is 313 g/mol. The van der Waals surface area contributed by atoms with E-state index < -0.39 is 10.0 Å². The smallest absolute Gasteiger partial charge is 0.238 e. The largest absolute Gasteiger partial charge is 0.490 e. The number of aryl methyl sites for hydroxylation is 1. The number of rotatable bonds is 4. The van der Waals surface area contributed by atoms with Crippen molar-refractivity contribution in [2.75, 3.05) is 13.2 Å². The number of sulfonamides is 1. The van der Waals surface area contributed by atoms with Gasteiger partial charge in [0.1, 0.15) is 11.9 Å². The molecule has 118 valence electrons. The van der Waals surface area contributed by atoms with Gasteiger partial charge in [-0.15, -0.1) is 0 Å². The zero-order valence-corrected chi connectivity index (χ0v) is 13.6. The van der Waals surface area contributed by atoms with Crippen LogP contribution in [0.1, 0.15) is 43.7 Å². The first-order valence-electron chi connectivity index (χ1n) is 7.20. The van der Waals surface area contributed by atoms with E-state index in [-0.39, 0.29) is 16.9 Å². The van der Waals surface area contributed by atoms with Crippen molar-refractivity contribution in [3.63, 3.8) is 0 Å². The van der Waals surface area contributed by atoms with Crippen molar-refractivity contribution in [1.82, 2.24) is 0 Å². The Balaban J connectivity index is 2.36. The van der Waals surface area contributed by atoms with Gasteiger partial charge in [-0.2, -0.15) is 0 Å². The second-order valence-corrected chi connectivity index (χ2v) is 7.31. The molecule has 6 heteroatoms. The Morgan fingerprint density at radius 1 is 1.29 bits per heavy atom. The summed E-state index contributed by atoms with van der Waals surface area (Å²) in [6.45, 7) is 7.13. The van der Waals surface area contributed by atoms with Crippen molar-refractivity contribution in [3.05, 3.63) is 23.3 Å². The number of hydrogen-bond acceptors (Lipinski definition) is 4. The van der Waals surface area contributed by atoms with E-state index in [4.69, 9.17) is 14.6 Å². The lowest BCUT2D eigenvalue weighted by molar-refractivity contribution is 0.0252. The highest BCUT2D eigenvalue weighted by Crippen LogP contribution is 2.32. The van der Waals surface area contributed by atoms with E-state index in [1.807, 2.05) is 26.8 Å². The second-order valence-electron chi connectivity index (χ2n) is 5.78. The molecule has 0 spiro atoms. The summed E-state index contributed by atoms with van der Waals surface area (Å²) in [6, 6.07) is 3.43. The highest BCUT2D eigenvalue weighted by molar-refractivity contribution is 7.89. The number of hydrogen-bond donors (Lipinski definition) is 1. The van der Waals surface area contributed by atoms with Crippen LogP contribution in [0.2, 0.25) is 0 Å². The van der Waals surface area contributed by atoms with Gasteiger partial charge in [-0.05, 0) is 36.1 Å². The molecule has 0 atom stereocenters. The zero-order chi connectivity index (χ0) is 15.6. The van der Waals surface area contributed by atoms with Gasteiger partial charge < -0.3 is 9.47 Å². The Hall–Kier alpha value is -1.11. The molecule has 0 amide bonds. The molecule has 0 aromatic heterocycles. The highest BCUT2D eigenvalue weighted by atomic mass is 32.2. The van der Waals surface area contributed by atoms with Crippen LogP contribution in [0, 0.1) is 6.92 Å². The molecule has 0 unspecified atom stereocenters. The maximum Gasteiger partial charge on any atom is 0.238 e. The van der Waals surface area contributed by atoms with E-state index in [2.05, 4.69) is 0 Å². The van der Waals surface area contributed by atoms with Gasteiger partial charge in [-0.25, -0.2) is 13.6 Å². The van der Waals surface area contributed by atoms with Gasteiger partial charge in [0.05, 0.1) is 18.1 Å². The molecule has 21 heavy (non-hydrogen) atoms. The molecule has 1 saturated heterocycles. The minimum Gasteiger partial charge on any atom is -0.490 e. The van der Waals surface area contributed by atoms with E-state index in [1.54, 1.807) is 6.07 Å². The molecule has 2 N–H and O–H groups in total. The Morgan fingerprint density at radius 2 is 1.90 bits per heavy atom. The van der Waals surface area contributed by atoms with Crippen LogP contribution in [0.3, 0.4) is 0 Å². The van der Waals surface area contributed by atoms with E-state index in [0.717, 1.165) is 24.2 Å². The third-order valence-corrected chi connectivity index (χ3v) is 4.66. The quantitative estimate of drug-likeness (QED) is 0.925. The second kappa shape index (κ2) is 6.34. The normalized spacial score (nSPS) is 17.2. The van der Waals surface area contributed by atoms with Crippen molar-refractivity contribution in [3.8, 4) is 5.75 Å². The molecule has 1 aromatic rings. The molecule has 1 aliphatic rings. The summed E-state index contributed by atoms with van der Waals surface area (Å²) in [7, 11) is -3.73. The fourth-order valence-corrected chi connectivity index (χ4v) is 3.44. The van der Waals surface area contributed by atoms with Crippen LogP contribution in [0.5, 0.6) is 5.75 Å². The molecular weight excluding hydrogens is 290 g/mol. The minimum absolute atomic E-state index is 0.0518. The van der Waals surface area contributed by atoms with Crippen LogP contribution in [-0.4, -0.2) is 27.7 Å². The fraction of sp³-hybridized carbons (Fsp3) is 0.600. The summed E-state index contributed by atoms with van der Waals surface area (Å²) in [5.74, 6) is 0.786. The zero-order valence-electron chi connectivity index (χ0n) is 12.8. The third kappa shape index (κ3) is 3.96. The first kappa shape index (κ1) is 16.3. The summed E-state index contributed by atoms with van der Waals surface area (Å²) >= 11 is 0. The van der Waals surface area contributed by atoms with Crippen molar-refractivity contribution < 1.29 is 17.9 Å². The maximum atomic E-state index is 11.7. The van der Waals surface area contributed by atoms with E-state index in [1.165, 1.54) is 0 Å². The predicted octanol–water partition coefficient (Wildman–Crippen LogP) is 2.32. The standard InChI is InChI=1S/C15H23NO4S/c1-10(2)13-9-14(20-12-4-6-19-7-5-12)11(3)8-15(13)21(16,17)18/h8-10,12H,4-7H2,1-3H3,(H2,16,17,18). The van der Waals surface area contributed by atoms with Gasteiger partial charge in [0.15, 0.2) is 0 Å². The van der Waals surface area contributed by atoms with E-state index in [9.17, 15) is 8.42 Å². The lowest BCUT2D eigenvalue weighted by atomic mass is 10.0. The summed E-state index contributed by atoms with van der Waals surface area (Å²) in [6.07, 6.45) is 1.83. The molecule has 0 aliphatic carbocycles. The minimum atomic E-state index is -3.73.